The van der Waals surface area contributed by atoms with Crippen LogP contribution in [-0.2, 0) is 4.79 Å². The molecule has 1 amide bonds. The van der Waals surface area contributed by atoms with Crippen LogP contribution in [0, 0.1) is 5.92 Å². The maximum absolute atomic E-state index is 12.6. The van der Waals surface area contributed by atoms with Crippen LogP contribution >= 0.6 is 11.6 Å². The van der Waals surface area contributed by atoms with Crippen LogP contribution in [0.5, 0.6) is 0 Å². The number of aliphatic carboxylic acids is 1. The molecule has 0 aliphatic carbocycles. The number of piperidine rings is 1. The van der Waals surface area contributed by atoms with E-state index in [1.165, 1.54) is 0 Å². The number of benzene rings is 1. The van der Waals surface area contributed by atoms with Crippen LogP contribution in [0.25, 0.3) is 5.69 Å². The Labute approximate surface area is 144 Å². The van der Waals surface area contributed by atoms with E-state index in [1.54, 1.807) is 34.1 Å². The first-order valence-electron chi connectivity index (χ1n) is 7.84. The number of amides is 1. The number of aromatic nitrogens is 2. The molecule has 2 aromatic rings. The van der Waals surface area contributed by atoms with Gasteiger partial charge in [-0.05, 0) is 43.0 Å². The number of hydrogen-bond acceptors (Lipinski definition) is 3. The van der Waals surface area contributed by atoms with Crippen LogP contribution in [0.15, 0.2) is 36.7 Å². The van der Waals surface area contributed by atoms with E-state index in [2.05, 4.69) is 5.10 Å². The molecule has 1 aromatic carbocycles. The van der Waals surface area contributed by atoms with Gasteiger partial charge in [0.05, 0.1) is 17.4 Å². The Bertz CT molecular complexity index is 734. The van der Waals surface area contributed by atoms with E-state index in [0.29, 0.717) is 23.7 Å². The summed E-state index contributed by atoms with van der Waals surface area (Å²) in [5.41, 5.74) is 1.36. The van der Waals surface area contributed by atoms with Gasteiger partial charge in [-0.15, -0.1) is 0 Å². The smallest absolute Gasteiger partial charge is 0.303 e. The Morgan fingerprint density at radius 3 is 2.50 bits per heavy atom. The molecule has 0 atom stereocenters. The van der Waals surface area contributed by atoms with Gasteiger partial charge in [-0.25, -0.2) is 4.68 Å². The lowest BCUT2D eigenvalue weighted by molar-refractivity contribution is -0.138. The molecule has 1 saturated heterocycles. The van der Waals surface area contributed by atoms with Crippen LogP contribution in [0.1, 0.15) is 29.6 Å². The Balaban J connectivity index is 1.64. The summed E-state index contributed by atoms with van der Waals surface area (Å²) in [5.74, 6) is -0.684. The Morgan fingerprint density at radius 1 is 1.21 bits per heavy atom. The summed E-state index contributed by atoms with van der Waals surface area (Å²) in [5, 5.41) is 13.7. The highest BCUT2D eigenvalue weighted by molar-refractivity contribution is 6.30. The quantitative estimate of drug-likeness (QED) is 0.922. The van der Waals surface area contributed by atoms with Crippen LogP contribution in [-0.4, -0.2) is 44.8 Å². The molecule has 0 bridgehead atoms. The Kier molecular flexibility index (Phi) is 4.85. The van der Waals surface area contributed by atoms with E-state index in [1.807, 2.05) is 12.1 Å². The van der Waals surface area contributed by atoms with E-state index in [0.717, 1.165) is 18.5 Å². The van der Waals surface area contributed by atoms with Crippen molar-refractivity contribution in [3.05, 3.63) is 47.2 Å². The molecule has 0 unspecified atom stereocenters. The normalized spacial score (nSPS) is 15.5. The molecule has 2 heterocycles. The van der Waals surface area contributed by atoms with Crippen molar-refractivity contribution in [3.63, 3.8) is 0 Å². The van der Waals surface area contributed by atoms with Gasteiger partial charge in [0.1, 0.15) is 0 Å². The minimum atomic E-state index is -0.774. The molecule has 1 aromatic heterocycles. The van der Waals surface area contributed by atoms with Crippen LogP contribution in [0.4, 0.5) is 0 Å². The predicted molar refractivity (Wildman–Crippen MR) is 89.5 cm³/mol. The summed E-state index contributed by atoms with van der Waals surface area (Å²) < 4.78 is 1.64. The molecule has 6 nitrogen and oxygen atoms in total. The van der Waals surface area contributed by atoms with Gasteiger partial charge in [-0.3, -0.25) is 9.59 Å². The molecule has 1 N–H and O–H groups in total. The van der Waals surface area contributed by atoms with Gasteiger partial charge < -0.3 is 10.0 Å². The zero-order valence-corrected chi connectivity index (χ0v) is 13.8. The molecule has 0 spiro atoms. The van der Waals surface area contributed by atoms with Crippen molar-refractivity contribution in [2.24, 2.45) is 5.92 Å². The van der Waals surface area contributed by atoms with Crippen molar-refractivity contribution in [3.8, 4) is 5.69 Å². The average Bonchev–Trinajstić information content (AvgIpc) is 3.05. The number of carboxylic acids is 1. The molecule has 7 heteroatoms. The molecule has 0 saturated carbocycles. The molecule has 126 valence electrons. The Hall–Kier alpha value is -2.34. The van der Waals surface area contributed by atoms with E-state index in [-0.39, 0.29) is 18.2 Å². The predicted octanol–water partition coefficient (Wildman–Crippen LogP) is 2.85. The van der Waals surface area contributed by atoms with Gasteiger partial charge in [0.2, 0.25) is 0 Å². The highest BCUT2D eigenvalue weighted by atomic mass is 35.5. The van der Waals surface area contributed by atoms with Gasteiger partial charge in [0, 0.05) is 30.7 Å². The summed E-state index contributed by atoms with van der Waals surface area (Å²) in [4.78, 5) is 25.1. The first-order valence-corrected chi connectivity index (χ1v) is 8.22. The third kappa shape index (κ3) is 3.76. The molecule has 1 fully saturated rings. The van der Waals surface area contributed by atoms with Crippen molar-refractivity contribution in [2.75, 3.05) is 13.1 Å². The summed E-state index contributed by atoms with van der Waals surface area (Å²) in [6.07, 6.45) is 4.89. The second-order valence-corrected chi connectivity index (χ2v) is 6.42. The lowest BCUT2D eigenvalue weighted by Gasteiger charge is -2.31. The van der Waals surface area contributed by atoms with E-state index in [4.69, 9.17) is 16.7 Å². The molecule has 3 rings (SSSR count). The fourth-order valence-corrected chi connectivity index (χ4v) is 3.06. The fourth-order valence-electron chi connectivity index (χ4n) is 2.94. The SMILES string of the molecule is O=C(O)CC1CCN(C(=O)c2cnn(-c3ccc(Cl)cc3)c2)CC1. The maximum atomic E-state index is 12.6. The second-order valence-electron chi connectivity index (χ2n) is 5.98. The van der Waals surface area contributed by atoms with E-state index >= 15 is 0 Å². The molecule has 0 radical (unpaired) electrons. The fraction of sp³-hybridized carbons (Fsp3) is 0.353. The number of carbonyl (C=O) groups excluding carboxylic acids is 1. The van der Waals surface area contributed by atoms with Gasteiger partial charge >= 0.3 is 5.97 Å². The van der Waals surface area contributed by atoms with Crippen LogP contribution in [0.2, 0.25) is 5.02 Å². The number of hydrogen-bond donors (Lipinski definition) is 1. The van der Waals surface area contributed by atoms with Gasteiger partial charge in [-0.1, -0.05) is 11.6 Å². The standard InChI is InChI=1S/C17H18ClN3O3/c18-14-1-3-15(4-2-14)21-11-13(10-19-21)17(24)20-7-5-12(6-8-20)9-16(22)23/h1-4,10-12H,5-9H2,(H,22,23). The van der Waals surface area contributed by atoms with Crippen molar-refractivity contribution >= 4 is 23.5 Å². The van der Waals surface area contributed by atoms with Crippen molar-refractivity contribution in [1.82, 2.24) is 14.7 Å². The lowest BCUT2D eigenvalue weighted by atomic mass is 9.93. The third-order valence-corrected chi connectivity index (χ3v) is 4.54. The molecule has 1 aliphatic rings. The Morgan fingerprint density at radius 2 is 1.88 bits per heavy atom. The summed E-state index contributed by atoms with van der Waals surface area (Å²) in [6.45, 7) is 1.17. The topological polar surface area (TPSA) is 75.4 Å². The molecule has 1 aliphatic heterocycles. The number of rotatable bonds is 4. The lowest BCUT2D eigenvalue weighted by Crippen LogP contribution is -2.38. The highest BCUT2D eigenvalue weighted by Crippen LogP contribution is 2.22. The molecule has 24 heavy (non-hydrogen) atoms. The zero-order chi connectivity index (χ0) is 17.1. The maximum Gasteiger partial charge on any atom is 0.303 e. The number of carbonyl (C=O) groups is 2. The van der Waals surface area contributed by atoms with Gasteiger partial charge in [0.25, 0.3) is 5.91 Å². The number of carboxylic acid groups (broad SMARTS) is 1. The average molecular weight is 348 g/mol. The first kappa shape index (κ1) is 16.5. The molecular formula is C17H18ClN3O3. The van der Waals surface area contributed by atoms with Gasteiger partial charge in [0.15, 0.2) is 0 Å². The van der Waals surface area contributed by atoms with E-state index in [9.17, 15) is 9.59 Å². The number of halogens is 1. The number of nitrogens with zero attached hydrogens (tertiary/aromatic N) is 3. The third-order valence-electron chi connectivity index (χ3n) is 4.29. The zero-order valence-electron chi connectivity index (χ0n) is 13.1. The number of likely N-dealkylation sites (tertiary alicyclic amines) is 1. The first-order chi connectivity index (χ1) is 11.5. The van der Waals surface area contributed by atoms with Crippen molar-refractivity contribution < 1.29 is 14.7 Å². The van der Waals surface area contributed by atoms with E-state index < -0.39 is 5.97 Å². The van der Waals surface area contributed by atoms with Crippen LogP contribution in [0.3, 0.4) is 0 Å². The summed E-state index contributed by atoms with van der Waals surface area (Å²) in [7, 11) is 0. The summed E-state index contributed by atoms with van der Waals surface area (Å²) in [6, 6.07) is 7.21. The molecular weight excluding hydrogens is 330 g/mol. The van der Waals surface area contributed by atoms with Crippen LogP contribution < -0.4 is 0 Å². The van der Waals surface area contributed by atoms with Crippen molar-refractivity contribution in [1.29, 1.82) is 0 Å². The minimum Gasteiger partial charge on any atom is -0.481 e. The highest BCUT2D eigenvalue weighted by Gasteiger charge is 2.25. The monoisotopic (exact) mass is 347 g/mol. The van der Waals surface area contributed by atoms with Crippen molar-refractivity contribution in [2.45, 2.75) is 19.3 Å². The second kappa shape index (κ2) is 7.05. The summed E-state index contributed by atoms with van der Waals surface area (Å²) >= 11 is 5.87. The largest absolute Gasteiger partial charge is 0.481 e. The van der Waals surface area contributed by atoms with Gasteiger partial charge in [-0.2, -0.15) is 5.10 Å². The minimum absolute atomic E-state index is 0.0658.